The molecule has 0 aromatic carbocycles. The molecule has 1 saturated heterocycles. The van der Waals surface area contributed by atoms with Crippen LogP contribution in [0.15, 0.2) is 107 Å². The maximum absolute atomic E-state index is 10.9. The van der Waals surface area contributed by atoms with Gasteiger partial charge in [0.15, 0.2) is 0 Å². The molecule has 0 bridgehead atoms. The Morgan fingerprint density at radius 2 is 1.09 bits per heavy atom. The van der Waals surface area contributed by atoms with Crippen molar-refractivity contribution in [3.63, 3.8) is 0 Å². The fourth-order valence-corrected chi connectivity index (χ4v) is 7.63. The summed E-state index contributed by atoms with van der Waals surface area (Å²) in [7, 11) is 0. The number of rotatable bonds is 10. The van der Waals surface area contributed by atoms with Crippen LogP contribution < -0.4 is 0 Å². The molecule has 242 valence electrons. The number of allylic oxidation sites excluding steroid dienone is 16. The molecule has 4 nitrogen and oxygen atoms in total. The number of hydrogen-bond acceptors (Lipinski definition) is 4. The normalized spacial score (nSPS) is 36.8. The van der Waals surface area contributed by atoms with Gasteiger partial charge in [-0.15, -0.1) is 0 Å². The molecule has 44 heavy (non-hydrogen) atoms. The first-order valence-electron chi connectivity index (χ1n) is 16.2. The van der Waals surface area contributed by atoms with Gasteiger partial charge in [-0.2, -0.15) is 0 Å². The number of ether oxygens (including phenoxy) is 1. The second-order valence-corrected chi connectivity index (χ2v) is 15.3. The van der Waals surface area contributed by atoms with E-state index in [-0.39, 0.29) is 34.1 Å². The minimum Gasteiger partial charge on any atom is -0.393 e. The van der Waals surface area contributed by atoms with Crippen molar-refractivity contribution in [3.05, 3.63) is 107 Å². The maximum atomic E-state index is 10.9. The first-order valence-corrected chi connectivity index (χ1v) is 16.2. The van der Waals surface area contributed by atoms with Crippen LogP contribution in [0.3, 0.4) is 0 Å². The molecule has 0 spiro atoms. The molecule has 6 atom stereocenters. The average molecular weight is 603 g/mol. The highest BCUT2D eigenvalue weighted by atomic mass is 16.6. The fraction of sp³-hybridized carbons (Fsp3) is 0.550. The van der Waals surface area contributed by atoms with Crippen LogP contribution in [0.2, 0.25) is 0 Å². The van der Waals surface area contributed by atoms with Crippen molar-refractivity contribution in [2.75, 3.05) is 0 Å². The Labute approximate surface area is 267 Å². The summed E-state index contributed by atoms with van der Waals surface area (Å²) in [5.41, 5.74) is 2.84. The fourth-order valence-electron chi connectivity index (χ4n) is 7.63. The van der Waals surface area contributed by atoms with Gasteiger partial charge in [-0.25, -0.2) is 0 Å². The van der Waals surface area contributed by atoms with Crippen LogP contribution in [-0.2, 0) is 4.74 Å². The molecule has 0 amide bonds. The molecule has 2 saturated carbocycles. The molecule has 4 heteroatoms. The topological polar surface area (TPSA) is 73.2 Å². The van der Waals surface area contributed by atoms with Gasteiger partial charge in [-0.1, -0.05) is 129 Å². The molecule has 0 aromatic rings. The number of hydrogen-bond donors (Lipinski definition) is 3. The summed E-state index contributed by atoms with van der Waals surface area (Å²) in [5.74, 6) is -0.0137. The van der Waals surface area contributed by atoms with Gasteiger partial charge >= 0.3 is 0 Å². The Morgan fingerprint density at radius 1 is 0.614 bits per heavy atom. The lowest BCUT2D eigenvalue weighted by Gasteiger charge is -2.48. The zero-order chi connectivity index (χ0) is 33.0. The van der Waals surface area contributed by atoms with Gasteiger partial charge in [0.25, 0.3) is 0 Å². The van der Waals surface area contributed by atoms with Gasteiger partial charge in [0.2, 0.25) is 0 Å². The van der Waals surface area contributed by atoms with Crippen molar-refractivity contribution in [1.29, 1.82) is 0 Å². The second-order valence-electron chi connectivity index (χ2n) is 15.3. The number of fused-ring (bicyclic) bond motifs is 1. The molecule has 0 aromatic heterocycles. The molecule has 1 aliphatic heterocycles. The Balaban J connectivity index is 1.50. The second kappa shape index (κ2) is 13.9. The van der Waals surface area contributed by atoms with E-state index in [9.17, 15) is 15.3 Å². The average Bonchev–Trinajstić information content (AvgIpc) is 3.49. The van der Waals surface area contributed by atoms with Crippen molar-refractivity contribution >= 4 is 0 Å². The summed E-state index contributed by atoms with van der Waals surface area (Å²) in [4.78, 5) is 0. The van der Waals surface area contributed by atoms with Crippen LogP contribution in [0.25, 0.3) is 0 Å². The van der Waals surface area contributed by atoms with Gasteiger partial charge in [0, 0.05) is 24.2 Å². The predicted octanol–water partition coefficient (Wildman–Crippen LogP) is 8.81. The zero-order valence-electron chi connectivity index (χ0n) is 28.9. The molecular formula is C40H58O4. The van der Waals surface area contributed by atoms with E-state index in [0.29, 0.717) is 19.3 Å². The molecule has 0 radical (unpaired) electrons. The third-order valence-electron chi connectivity index (χ3n) is 9.83. The quantitative estimate of drug-likeness (QED) is 0.173. The van der Waals surface area contributed by atoms with E-state index in [4.69, 9.17) is 4.74 Å². The highest BCUT2D eigenvalue weighted by Gasteiger charge is 2.74. The van der Waals surface area contributed by atoms with Crippen LogP contribution >= 0.6 is 0 Å². The highest BCUT2D eigenvalue weighted by molar-refractivity contribution is 5.37. The van der Waals surface area contributed by atoms with Gasteiger partial charge in [0.1, 0.15) is 11.2 Å². The van der Waals surface area contributed by atoms with E-state index in [1.165, 1.54) is 0 Å². The van der Waals surface area contributed by atoms with Gasteiger partial charge in [-0.05, 0) is 65.9 Å². The van der Waals surface area contributed by atoms with Crippen LogP contribution in [0.4, 0.5) is 0 Å². The first kappa shape index (κ1) is 36.0. The van der Waals surface area contributed by atoms with E-state index >= 15 is 0 Å². The van der Waals surface area contributed by atoms with Crippen LogP contribution in [-0.4, -0.2) is 44.3 Å². The van der Waals surface area contributed by atoms with Gasteiger partial charge in [0.05, 0.1) is 17.8 Å². The molecule has 3 rings (SSSR count). The van der Waals surface area contributed by atoms with Crippen molar-refractivity contribution in [3.8, 4) is 0 Å². The zero-order valence-corrected chi connectivity index (χ0v) is 28.9. The monoisotopic (exact) mass is 602 g/mol. The van der Waals surface area contributed by atoms with E-state index in [1.54, 1.807) is 0 Å². The Kier molecular flexibility index (Phi) is 11.3. The van der Waals surface area contributed by atoms with Crippen LogP contribution in [0, 0.1) is 16.7 Å². The summed E-state index contributed by atoms with van der Waals surface area (Å²) in [6, 6.07) is 0. The third kappa shape index (κ3) is 8.81. The SMILES string of the molecule is CC(=C/C=C/C(C)=C/C=C/C=C(C)/C=C\C=C(/C)C=CC1C(C)(C)C[C@H](O)C[C@@]1(C)O)/C=C/[C@@]12O[C@]1(C)C[C@@H](O)CC2(C)C. The maximum Gasteiger partial charge on any atom is 0.121 e. The van der Waals surface area contributed by atoms with Crippen molar-refractivity contribution in [2.24, 2.45) is 16.7 Å². The summed E-state index contributed by atoms with van der Waals surface area (Å²) in [5, 5.41) is 31.3. The minimum atomic E-state index is -0.915. The lowest BCUT2D eigenvalue weighted by molar-refractivity contribution is -0.111. The van der Waals surface area contributed by atoms with E-state index in [2.05, 4.69) is 135 Å². The molecular weight excluding hydrogens is 544 g/mol. The number of aliphatic hydroxyl groups excluding tert-OH is 2. The van der Waals surface area contributed by atoms with E-state index in [0.717, 1.165) is 28.7 Å². The summed E-state index contributed by atoms with van der Waals surface area (Å²) in [6.45, 7) is 20.9. The Bertz CT molecular complexity index is 1290. The van der Waals surface area contributed by atoms with Crippen LogP contribution in [0.1, 0.15) is 94.9 Å². The van der Waals surface area contributed by atoms with Crippen molar-refractivity contribution in [2.45, 2.75) is 124 Å². The smallest absolute Gasteiger partial charge is 0.121 e. The highest BCUT2D eigenvalue weighted by Crippen LogP contribution is 2.66. The molecule has 3 N–H and O–H groups in total. The molecule has 1 heterocycles. The number of epoxide rings is 1. The minimum absolute atomic E-state index is 0.0137. The van der Waals surface area contributed by atoms with Crippen LogP contribution in [0.5, 0.6) is 0 Å². The molecule has 3 fully saturated rings. The lowest BCUT2D eigenvalue weighted by Crippen LogP contribution is -2.50. The van der Waals surface area contributed by atoms with Crippen molar-refractivity contribution < 1.29 is 20.1 Å². The summed E-state index contributed by atoms with van der Waals surface area (Å²) in [6.07, 6.45) is 31.1. The number of aliphatic hydroxyl groups is 3. The third-order valence-corrected chi connectivity index (χ3v) is 9.83. The van der Waals surface area contributed by atoms with Gasteiger partial charge in [-0.3, -0.25) is 0 Å². The molecule has 3 aliphatic rings. The summed E-state index contributed by atoms with van der Waals surface area (Å²) < 4.78 is 6.24. The first-order chi connectivity index (χ1) is 20.3. The lowest BCUT2D eigenvalue weighted by atomic mass is 9.61. The largest absolute Gasteiger partial charge is 0.393 e. The molecule has 2 aliphatic carbocycles. The Hall–Kier alpha value is -2.50. The predicted molar refractivity (Wildman–Crippen MR) is 185 cm³/mol. The van der Waals surface area contributed by atoms with E-state index in [1.807, 2.05) is 19.1 Å². The molecule has 1 unspecified atom stereocenters. The van der Waals surface area contributed by atoms with E-state index < -0.39 is 11.7 Å². The standard InChI is InChI=1S/C40H58O4/c1-29(17-13-19-31(3)21-22-35-36(5,6)25-33(41)27-38(35,9)43)15-11-12-16-30(2)18-14-20-32(4)23-24-40-37(7,8)26-34(42)28-39(40,10)44-40/h11-24,33-35,41-43H,25-28H2,1-10H3/b12-11+,17-13-,18-14+,22-21?,24-23+,29-15+,30-16+,31-19+,32-20-/t33-,34-,35?,38+,39+,40-/m0/s1. The van der Waals surface area contributed by atoms with Crippen molar-refractivity contribution in [1.82, 2.24) is 0 Å². The Morgan fingerprint density at radius 3 is 1.61 bits per heavy atom. The summed E-state index contributed by atoms with van der Waals surface area (Å²) >= 11 is 0. The van der Waals surface area contributed by atoms with Gasteiger partial charge < -0.3 is 20.1 Å².